The first-order valence-corrected chi connectivity index (χ1v) is 9.39. The van der Waals surface area contributed by atoms with Gasteiger partial charge >= 0.3 is 6.18 Å². The molecule has 0 saturated heterocycles. The molecule has 2 N–H and O–H groups in total. The van der Waals surface area contributed by atoms with Gasteiger partial charge in [-0.3, -0.25) is 4.79 Å². The van der Waals surface area contributed by atoms with Gasteiger partial charge in [-0.15, -0.1) is 0 Å². The van der Waals surface area contributed by atoms with Crippen LogP contribution >= 0.6 is 0 Å². The van der Waals surface area contributed by atoms with Gasteiger partial charge in [0.25, 0.3) is 5.91 Å². The summed E-state index contributed by atoms with van der Waals surface area (Å²) in [5, 5.41) is 2.48. The first kappa shape index (κ1) is 20.9. The molecule has 5 nitrogen and oxygen atoms in total. The molecule has 0 aliphatic carbocycles. The lowest BCUT2D eigenvalue weighted by Gasteiger charge is -2.20. The number of rotatable bonds is 4. The van der Waals surface area contributed by atoms with E-state index in [9.17, 15) is 26.4 Å². The highest BCUT2D eigenvalue weighted by molar-refractivity contribution is 7.89. The molecule has 0 bridgehead atoms. The van der Waals surface area contributed by atoms with Crippen LogP contribution in [0.5, 0.6) is 0 Å². The second-order valence-electron chi connectivity index (χ2n) is 6.91. The minimum Gasteiger partial charge on any atom is -0.322 e. The molecule has 0 atom stereocenters. The van der Waals surface area contributed by atoms with Crippen LogP contribution in [0.4, 0.5) is 18.9 Å². The number of carbonyl (C=O) groups is 1. The first-order valence-electron chi connectivity index (χ1n) is 7.91. The second kappa shape index (κ2) is 7.32. The fourth-order valence-corrected chi connectivity index (χ4v) is 3.68. The zero-order valence-electron chi connectivity index (χ0n) is 14.9. The molecule has 0 aliphatic rings. The number of halogens is 3. The average Bonchev–Trinajstić information content (AvgIpc) is 2.52. The maximum Gasteiger partial charge on any atom is 0.416 e. The first-order chi connectivity index (χ1) is 12.3. The Labute approximate surface area is 155 Å². The Balaban J connectivity index is 2.20. The van der Waals surface area contributed by atoms with Crippen molar-refractivity contribution in [3.05, 3.63) is 59.7 Å². The molecule has 0 saturated carbocycles. The van der Waals surface area contributed by atoms with E-state index in [2.05, 4.69) is 10.0 Å². The van der Waals surface area contributed by atoms with Crippen molar-refractivity contribution in [1.29, 1.82) is 0 Å². The summed E-state index contributed by atoms with van der Waals surface area (Å²) in [7, 11) is -3.79. The second-order valence-corrected chi connectivity index (χ2v) is 8.59. The summed E-state index contributed by atoms with van der Waals surface area (Å²) in [6, 6.07) is 9.32. The molecule has 27 heavy (non-hydrogen) atoms. The van der Waals surface area contributed by atoms with Gasteiger partial charge < -0.3 is 5.32 Å². The maximum absolute atomic E-state index is 12.6. The van der Waals surface area contributed by atoms with E-state index in [0.29, 0.717) is 0 Å². The number of alkyl halides is 3. The Kier molecular flexibility index (Phi) is 5.67. The lowest BCUT2D eigenvalue weighted by Crippen LogP contribution is -2.40. The summed E-state index contributed by atoms with van der Waals surface area (Å²) in [6.07, 6.45) is -4.49. The average molecular weight is 400 g/mol. The molecular weight excluding hydrogens is 381 g/mol. The number of benzene rings is 2. The number of anilines is 1. The highest BCUT2D eigenvalue weighted by Crippen LogP contribution is 2.29. The largest absolute Gasteiger partial charge is 0.416 e. The van der Waals surface area contributed by atoms with E-state index >= 15 is 0 Å². The highest BCUT2D eigenvalue weighted by Gasteiger charge is 2.30. The topological polar surface area (TPSA) is 75.3 Å². The monoisotopic (exact) mass is 400 g/mol. The molecule has 0 heterocycles. The standard InChI is InChI=1S/C18H19F3N2O3S/c1-17(2,3)23-27(25,26)15-6-4-5-14(11-15)22-16(24)12-7-9-13(10-8-12)18(19,20)21/h4-11,23H,1-3H3,(H,22,24). The van der Waals surface area contributed by atoms with Gasteiger partial charge in [0.05, 0.1) is 10.5 Å². The van der Waals surface area contributed by atoms with Crippen molar-refractivity contribution in [3.63, 3.8) is 0 Å². The Morgan fingerprint density at radius 1 is 0.963 bits per heavy atom. The normalized spacial score (nSPS) is 12.7. The van der Waals surface area contributed by atoms with Gasteiger partial charge in [0, 0.05) is 16.8 Å². The minimum atomic E-state index is -4.49. The molecule has 146 valence electrons. The lowest BCUT2D eigenvalue weighted by molar-refractivity contribution is -0.137. The number of carbonyl (C=O) groups excluding carboxylic acids is 1. The van der Waals surface area contributed by atoms with E-state index in [1.165, 1.54) is 24.3 Å². The van der Waals surface area contributed by atoms with E-state index in [1.807, 2.05) is 0 Å². The molecule has 0 aliphatic heterocycles. The Morgan fingerprint density at radius 2 is 1.56 bits per heavy atom. The van der Waals surface area contributed by atoms with Crippen molar-refractivity contribution in [1.82, 2.24) is 4.72 Å². The molecule has 9 heteroatoms. The van der Waals surface area contributed by atoms with Gasteiger partial charge in [0.15, 0.2) is 0 Å². The van der Waals surface area contributed by atoms with E-state index in [-0.39, 0.29) is 16.1 Å². The van der Waals surface area contributed by atoms with Crippen LogP contribution in [-0.4, -0.2) is 19.9 Å². The minimum absolute atomic E-state index is 0.0177. The summed E-state index contributed by atoms with van der Waals surface area (Å²) in [4.78, 5) is 12.2. The number of nitrogens with one attached hydrogen (secondary N) is 2. The Morgan fingerprint density at radius 3 is 2.07 bits per heavy atom. The molecule has 2 aromatic carbocycles. The fraction of sp³-hybridized carbons (Fsp3) is 0.278. The van der Waals surface area contributed by atoms with Gasteiger partial charge in [-0.25, -0.2) is 13.1 Å². The van der Waals surface area contributed by atoms with Crippen molar-refractivity contribution in [2.75, 3.05) is 5.32 Å². The zero-order chi connectivity index (χ0) is 20.5. The lowest BCUT2D eigenvalue weighted by atomic mass is 10.1. The van der Waals surface area contributed by atoms with Crippen molar-refractivity contribution in [2.45, 2.75) is 37.4 Å². The van der Waals surface area contributed by atoms with Gasteiger partial charge in [0.2, 0.25) is 10.0 Å². The fourth-order valence-electron chi connectivity index (χ4n) is 2.22. The van der Waals surface area contributed by atoms with Crippen LogP contribution < -0.4 is 10.0 Å². The third kappa shape index (κ3) is 5.80. The zero-order valence-corrected chi connectivity index (χ0v) is 15.7. The van der Waals surface area contributed by atoms with Crippen LogP contribution in [-0.2, 0) is 16.2 Å². The summed E-state index contributed by atoms with van der Waals surface area (Å²) < 4.78 is 64.9. The highest BCUT2D eigenvalue weighted by atomic mass is 32.2. The van der Waals surface area contributed by atoms with E-state index in [4.69, 9.17) is 0 Å². The van der Waals surface area contributed by atoms with Crippen LogP contribution in [0.15, 0.2) is 53.4 Å². The third-order valence-electron chi connectivity index (χ3n) is 3.32. The third-order valence-corrected chi connectivity index (χ3v) is 5.07. The van der Waals surface area contributed by atoms with Crippen molar-refractivity contribution >= 4 is 21.6 Å². The van der Waals surface area contributed by atoms with Gasteiger partial charge in [0.1, 0.15) is 0 Å². The van der Waals surface area contributed by atoms with Crippen molar-refractivity contribution in [3.8, 4) is 0 Å². The molecule has 0 unspecified atom stereocenters. The number of hydrogen-bond donors (Lipinski definition) is 2. The maximum atomic E-state index is 12.6. The van der Waals surface area contributed by atoms with Crippen LogP contribution in [0.25, 0.3) is 0 Å². The molecule has 0 radical (unpaired) electrons. The molecule has 0 spiro atoms. The Bertz CT molecular complexity index is 932. The quantitative estimate of drug-likeness (QED) is 0.814. The molecule has 0 aromatic heterocycles. The van der Waals surface area contributed by atoms with Crippen LogP contribution in [0.3, 0.4) is 0 Å². The number of hydrogen-bond acceptors (Lipinski definition) is 3. The van der Waals surface area contributed by atoms with Crippen molar-refractivity contribution in [2.24, 2.45) is 0 Å². The van der Waals surface area contributed by atoms with E-state index < -0.39 is 33.2 Å². The van der Waals surface area contributed by atoms with E-state index in [1.54, 1.807) is 20.8 Å². The molecular formula is C18H19F3N2O3S. The molecule has 2 aromatic rings. The van der Waals surface area contributed by atoms with E-state index in [0.717, 1.165) is 24.3 Å². The van der Waals surface area contributed by atoms with Gasteiger partial charge in [-0.1, -0.05) is 6.07 Å². The Hall–Kier alpha value is -2.39. The summed E-state index contributed by atoms with van der Waals surface area (Å²) in [6.45, 7) is 5.09. The molecule has 1 amide bonds. The van der Waals surface area contributed by atoms with Crippen LogP contribution in [0.2, 0.25) is 0 Å². The summed E-state index contributed by atoms with van der Waals surface area (Å²) in [5.41, 5.74) is -1.32. The number of sulfonamides is 1. The van der Waals surface area contributed by atoms with Crippen LogP contribution in [0, 0.1) is 0 Å². The summed E-state index contributed by atoms with van der Waals surface area (Å²) in [5.74, 6) is -0.651. The smallest absolute Gasteiger partial charge is 0.322 e. The predicted octanol–water partition coefficient (Wildman–Crippen LogP) is 4.03. The predicted molar refractivity (Wildman–Crippen MR) is 95.9 cm³/mol. The number of amides is 1. The van der Waals surface area contributed by atoms with Crippen LogP contribution in [0.1, 0.15) is 36.7 Å². The molecule has 0 fully saturated rings. The summed E-state index contributed by atoms with van der Waals surface area (Å²) >= 11 is 0. The van der Waals surface area contributed by atoms with Crippen molar-refractivity contribution < 1.29 is 26.4 Å². The van der Waals surface area contributed by atoms with Gasteiger partial charge in [-0.2, -0.15) is 13.2 Å². The van der Waals surface area contributed by atoms with Gasteiger partial charge in [-0.05, 0) is 63.2 Å². The SMILES string of the molecule is CC(C)(C)NS(=O)(=O)c1cccc(NC(=O)c2ccc(C(F)(F)F)cc2)c1. The molecule has 2 rings (SSSR count).